The first kappa shape index (κ1) is 24.2. The van der Waals surface area contributed by atoms with Crippen molar-refractivity contribution in [3.63, 3.8) is 0 Å². The third-order valence-corrected chi connectivity index (χ3v) is 5.23. The molecule has 0 radical (unpaired) electrons. The van der Waals surface area contributed by atoms with Gasteiger partial charge in [-0.3, -0.25) is 4.79 Å². The zero-order valence-electron chi connectivity index (χ0n) is 18.7. The van der Waals surface area contributed by atoms with Gasteiger partial charge in [-0.2, -0.15) is 0 Å². The van der Waals surface area contributed by atoms with Gasteiger partial charge in [-0.05, 0) is 48.5 Å². The lowest BCUT2D eigenvalue weighted by atomic mass is 9.86. The molecule has 2 rings (SSSR count). The number of ether oxygens (including phenoxy) is 2. The van der Waals surface area contributed by atoms with Gasteiger partial charge >= 0.3 is 12.1 Å². The maximum absolute atomic E-state index is 13.1. The smallest absolute Gasteiger partial charge is 0.410 e. The minimum atomic E-state index is -0.848. The second-order valence-electron chi connectivity index (χ2n) is 9.38. The summed E-state index contributed by atoms with van der Waals surface area (Å²) in [7, 11) is 1.28. The molecule has 1 N–H and O–H groups in total. The molecule has 0 saturated heterocycles. The van der Waals surface area contributed by atoms with Crippen molar-refractivity contribution in [3.8, 4) is 0 Å². The fourth-order valence-electron chi connectivity index (χ4n) is 3.13. The average molecular weight is 487 g/mol. The lowest BCUT2D eigenvalue weighted by Crippen LogP contribution is -2.50. The van der Waals surface area contributed by atoms with Gasteiger partial charge < -0.3 is 24.3 Å². The number of nitrogens with zero attached hydrogens (tertiary/aromatic N) is 3. The summed E-state index contributed by atoms with van der Waals surface area (Å²) in [6.07, 6.45) is 0.247. The summed E-state index contributed by atoms with van der Waals surface area (Å²) in [6, 6.07) is -0.848. The van der Waals surface area contributed by atoms with Crippen LogP contribution in [0.4, 0.5) is 4.79 Å². The fraction of sp³-hybridized carbons (Fsp3) is 0.700. The number of hydrogen-bond acceptors (Lipinski definition) is 6. The highest BCUT2D eigenvalue weighted by Crippen LogP contribution is 2.25. The molecular weight excluding hydrogens is 456 g/mol. The SMILES string of the molecule is COC(=O)[C@@H](NC(=O)c1nc(Br)n2c1CN(C(=O)OC(C)(C)C)CCC2)C(C)(C)C. The van der Waals surface area contributed by atoms with Crippen molar-refractivity contribution in [2.75, 3.05) is 13.7 Å². The third-order valence-electron chi connectivity index (χ3n) is 4.62. The van der Waals surface area contributed by atoms with Crippen molar-refractivity contribution in [2.45, 2.75) is 72.7 Å². The highest BCUT2D eigenvalue weighted by Gasteiger charge is 2.36. The number of imidazole rings is 1. The lowest BCUT2D eigenvalue weighted by Gasteiger charge is -2.29. The first-order valence-corrected chi connectivity index (χ1v) is 10.7. The van der Waals surface area contributed by atoms with Crippen molar-refractivity contribution in [1.82, 2.24) is 19.8 Å². The highest BCUT2D eigenvalue weighted by atomic mass is 79.9. The third kappa shape index (κ3) is 5.74. The number of nitrogens with one attached hydrogen (secondary N) is 1. The first-order chi connectivity index (χ1) is 13.7. The lowest BCUT2D eigenvalue weighted by molar-refractivity contribution is -0.145. The predicted octanol–water partition coefficient (Wildman–Crippen LogP) is 3.10. The Balaban J connectivity index is 2.33. The molecule has 0 aromatic carbocycles. The molecule has 30 heavy (non-hydrogen) atoms. The summed E-state index contributed by atoms with van der Waals surface area (Å²) in [6.45, 7) is 12.2. The molecule has 10 heteroatoms. The van der Waals surface area contributed by atoms with Crippen LogP contribution in [0.3, 0.4) is 0 Å². The maximum Gasteiger partial charge on any atom is 0.410 e. The summed E-state index contributed by atoms with van der Waals surface area (Å²) in [5.41, 5.74) is -0.430. The highest BCUT2D eigenvalue weighted by molar-refractivity contribution is 9.10. The van der Waals surface area contributed by atoms with Crippen LogP contribution in [-0.4, -0.2) is 57.7 Å². The van der Waals surface area contributed by atoms with E-state index in [1.165, 1.54) is 7.11 Å². The van der Waals surface area contributed by atoms with E-state index in [0.29, 0.717) is 29.9 Å². The number of aromatic nitrogens is 2. The van der Waals surface area contributed by atoms with Crippen LogP contribution in [0.2, 0.25) is 0 Å². The molecule has 168 valence electrons. The molecule has 0 aliphatic carbocycles. The van der Waals surface area contributed by atoms with Gasteiger partial charge in [0.2, 0.25) is 0 Å². The van der Waals surface area contributed by atoms with E-state index in [1.807, 2.05) is 46.1 Å². The Morgan fingerprint density at radius 1 is 1.13 bits per heavy atom. The molecule has 2 heterocycles. The van der Waals surface area contributed by atoms with Gasteiger partial charge in [0.05, 0.1) is 19.3 Å². The molecule has 1 atom stereocenters. The molecule has 0 bridgehead atoms. The second kappa shape index (κ2) is 8.95. The van der Waals surface area contributed by atoms with Crippen LogP contribution in [0.25, 0.3) is 0 Å². The van der Waals surface area contributed by atoms with Gasteiger partial charge in [-0.15, -0.1) is 0 Å². The molecule has 1 aromatic rings. The molecule has 2 amide bonds. The standard InChI is InChI=1S/C20H31BrN4O5/c1-19(2,3)14(16(27)29-7)23-15(26)13-12-11-24(18(28)30-20(4,5)6)9-8-10-25(12)17(21)22-13/h14H,8-11H2,1-7H3,(H,23,26)/t14-/m1/s1. The molecule has 0 spiro atoms. The van der Waals surface area contributed by atoms with Crippen LogP contribution in [0.15, 0.2) is 4.73 Å². The number of fused-ring (bicyclic) bond motifs is 1. The van der Waals surface area contributed by atoms with Crippen molar-refractivity contribution >= 4 is 33.9 Å². The molecular formula is C20H31BrN4O5. The molecule has 0 saturated carbocycles. The fourth-order valence-corrected chi connectivity index (χ4v) is 3.70. The van der Waals surface area contributed by atoms with Crippen LogP contribution in [0, 0.1) is 5.41 Å². The van der Waals surface area contributed by atoms with E-state index < -0.39 is 35.0 Å². The van der Waals surface area contributed by atoms with Gasteiger partial charge in [-0.1, -0.05) is 20.8 Å². The summed E-state index contributed by atoms with van der Waals surface area (Å²) < 4.78 is 12.7. The van der Waals surface area contributed by atoms with E-state index >= 15 is 0 Å². The largest absolute Gasteiger partial charge is 0.467 e. The molecule has 0 unspecified atom stereocenters. The van der Waals surface area contributed by atoms with Crippen molar-refractivity contribution < 1.29 is 23.9 Å². The molecule has 1 aliphatic heterocycles. The summed E-state index contributed by atoms with van der Waals surface area (Å²) in [5, 5.41) is 2.75. The number of carbonyl (C=O) groups is 3. The van der Waals surface area contributed by atoms with Crippen LogP contribution in [-0.2, 0) is 27.4 Å². The van der Waals surface area contributed by atoms with E-state index in [4.69, 9.17) is 9.47 Å². The number of halogens is 1. The van der Waals surface area contributed by atoms with Gasteiger partial charge in [0.1, 0.15) is 11.6 Å². The summed E-state index contributed by atoms with van der Waals surface area (Å²) >= 11 is 3.41. The van der Waals surface area contributed by atoms with Gasteiger partial charge in [-0.25, -0.2) is 14.6 Å². The van der Waals surface area contributed by atoms with E-state index in [0.717, 1.165) is 0 Å². The van der Waals surface area contributed by atoms with Gasteiger partial charge in [0.15, 0.2) is 10.4 Å². The number of methoxy groups -OCH3 is 1. The maximum atomic E-state index is 13.1. The quantitative estimate of drug-likeness (QED) is 0.658. The Morgan fingerprint density at radius 3 is 2.30 bits per heavy atom. The van der Waals surface area contributed by atoms with Crippen LogP contribution >= 0.6 is 15.9 Å². The minimum absolute atomic E-state index is 0.162. The van der Waals surface area contributed by atoms with Crippen LogP contribution in [0.1, 0.15) is 64.1 Å². The Kier molecular flexibility index (Phi) is 7.21. The van der Waals surface area contributed by atoms with E-state index in [-0.39, 0.29) is 12.2 Å². The Labute approximate surface area is 185 Å². The molecule has 1 aromatic heterocycles. The monoisotopic (exact) mass is 486 g/mol. The van der Waals surface area contributed by atoms with Crippen molar-refractivity contribution in [1.29, 1.82) is 0 Å². The number of hydrogen-bond donors (Lipinski definition) is 1. The Morgan fingerprint density at radius 2 is 1.77 bits per heavy atom. The van der Waals surface area contributed by atoms with Crippen molar-refractivity contribution in [3.05, 3.63) is 16.1 Å². The zero-order chi connectivity index (χ0) is 22.9. The number of esters is 1. The molecule has 9 nitrogen and oxygen atoms in total. The topological polar surface area (TPSA) is 103 Å². The Bertz CT molecular complexity index is 822. The number of rotatable bonds is 3. The first-order valence-electron chi connectivity index (χ1n) is 9.86. The van der Waals surface area contributed by atoms with Crippen LogP contribution in [0.5, 0.6) is 0 Å². The van der Waals surface area contributed by atoms with E-state index in [9.17, 15) is 14.4 Å². The van der Waals surface area contributed by atoms with Crippen LogP contribution < -0.4 is 5.32 Å². The molecule has 0 fully saturated rings. The van der Waals surface area contributed by atoms with E-state index in [1.54, 1.807) is 4.90 Å². The number of amides is 2. The van der Waals surface area contributed by atoms with Crippen molar-refractivity contribution in [2.24, 2.45) is 5.41 Å². The Hall–Kier alpha value is -2.10. The number of carbonyl (C=O) groups excluding carboxylic acids is 3. The second-order valence-corrected chi connectivity index (χ2v) is 10.1. The summed E-state index contributed by atoms with van der Waals surface area (Å²) in [5.74, 6) is -1.03. The summed E-state index contributed by atoms with van der Waals surface area (Å²) in [4.78, 5) is 43.8. The van der Waals surface area contributed by atoms with Gasteiger partial charge in [0.25, 0.3) is 5.91 Å². The minimum Gasteiger partial charge on any atom is -0.467 e. The normalized spacial score (nSPS) is 15.7. The average Bonchev–Trinajstić information content (AvgIpc) is 2.79. The van der Waals surface area contributed by atoms with E-state index in [2.05, 4.69) is 26.2 Å². The predicted molar refractivity (Wildman–Crippen MR) is 114 cm³/mol. The molecule has 1 aliphatic rings. The zero-order valence-corrected chi connectivity index (χ0v) is 20.3. The van der Waals surface area contributed by atoms with Gasteiger partial charge in [0, 0.05) is 13.1 Å².